The van der Waals surface area contributed by atoms with Gasteiger partial charge in [0, 0.05) is 10.9 Å². The minimum Gasteiger partial charge on any atom is -0.452 e. The molecule has 126 valence electrons. The largest absolute Gasteiger partial charge is 0.452 e. The van der Waals surface area contributed by atoms with Crippen molar-refractivity contribution in [1.29, 1.82) is 0 Å². The van der Waals surface area contributed by atoms with Crippen LogP contribution in [0.2, 0.25) is 5.02 Å². The predicted molar refractivity (Wildman–Crippen MR) is 89.8 cm³/mol. The maximum Gasteiger partial charge on any atom is 0.340 e. The Labute approximate surface area is 144 Å². The lowest BCUT2D eigenvalue weighted by Crippen LogP contribution is -2.41. The van der Waals surface area contributed by atoms with Crippen LogP contribution in [0.1, 0.15) is 24.2 Å². The molecule has 23 heavy (non-hydrogen) atoms. The van der Waals surface area contributed by atoms with E-state index >= 15 is 0 Å². The monoisotopic (exact) mass is 358 g/mol. The van der Waals surface area contributed by atoms with Gasteiger partial charge < -0.3 is 15.4 Å². The van der Waals surface area contributed by atoms with E-state index in [4.69, 9.17) is 16.3 Å². The molecule has 6 nitrogen and oxygen atoms in total. The van der Waals surface area contributed by atoms with Crippen molar-refractivity contribution in [3.63, 3.8) is 0 Å². The lowest BCUT2D eigenvalue weighted by Gasteiger charge is -2.10. The van der Waals surface area contributed by atoms with Gasteiger partial charge in [-0.3, -0.25) is 9.59 Å². The molecule has 8 heteroatoms. The van der Waals surface area contributed by atoms with E-state index in [1.807, 2.05) is 20.1 Å². The first kappa shape index (κ1) is 19.3. The van der Waals surface area contributed by atoms with Crippen LogP contribution in [0.15, 0.2) is 23.1 Å². The molecule has 0 heterocycles. The number of nitrogens with one attached hydrogen (secondary N) is 2. The number of halogens is 1. The maximum absolute atomic E-state index is 11.9. The summed E-state index contributed by atoms with van der Waals surface area (Å²) in [6.07, 6.45) is 1.87. The molecule has 1 aromatic carbocycles. The lowest BCUT2D eigenvalue weighted by atomic mass is 10.2. The summed E-state index contributed by atoms with van der Waals surface area (Å²) in [6, 6.07) is 4.97. The van der Waals surface area contributed by atoms with E-state index in [1.54, 1.807) is 18.2 Å². The zero-order chi connectivity index (χ0) is 17.4. The SMILES string of the molecule is CSc1ccc(Cl)c(C(=O)OCC(=O)NCC(=O)NC(C)C)c1. The standard InChI is InChI=1S/C15H19ClN2O4S/c1-9(2)18-13(19)7-17-14(20)8-22-15(21)11-6-10(23-3)4-5-12(11)16/h4-6,9H,7-8H2,1-3H3,(H,17,20)(H,18,19). The number of hydrogen-bond acceptors (Lipinski definition) is 5. The van der Waals surface area contributed by atoms with Crippen LogP contribution in [0.3, 0.4) is 0 Å². The Morgan fingerprint density at radius 3 is 2.57 bits per heavy atom. The fourth-order valence-electron chi connectivity index (χ4n) is 1.60. The third-order valence-electron chi connectivity index (χ3n) is 2.62. The van der Waals surface area contributed by atoms with Crippen molar-refractivity contribution in [2.75, 3.05) is 19.4 Å². The summed E-state index contributed by atoms with van der Waals surface area (Å²) < 4.78 is 4.91. The maximum atomic E-state index is 11.9. The number of hydrogen-bond donors (Lipinski definition) is 2. The Bertz CT molecular complexity index is 593. The second kappa shape index (κ2) is 9.42. The molecule has 1 aromatic rings. The van der Waals surface area contributed by atoms with Crippen molar-refractivity contribution >= 4 is 41.1 Å². The number of rotatable bonds is 7. The summed E-state index contributed by atoms with van der Waals surface area (Å²) >= 11 is 7.41. The molecule has 0 saturated heterocycles. The van der Waals surface area contributed by atoms with Crippen LogP contribution in [-0.4, -0.2) is 43.2 Å². The molecule has 0 fully saturated rings. The zero-order valence-electron chi connectivity index (χ0n) is 13.1. The van der Waals surface area contributed by atoms with E-state index in [2.05, 4.69) is 10.6 Å². The first-order valence-electron chi connectivity index (χ1n) is 6.90. The highest BCUT2D eigenvalue weighted by Gasteiger charge is 2.15. The first-order chi connectivity index (χ1) is 10.8. The summed E-state index contributed by atoms with van der Waals surface area (Å²) in [5.74, 6) is -1.56. The van der Waals surface area contributed by atoms with Crippen molar-refractivity contribution in [2.45, 2.75) is 24.8 Å². The lowest BCUT2D eigenvalue weighted by molar-refractivity contribution is -0.128. The smallest absolute Gasteiger partial charge is 0.340 e. The fraction of sp³-hybridized carbons (Fsp3) is 0.400. The topological polar surface area (TPSA) is 84.5 Å². The van der Waals surface area contributed by atoms with Gasteiger partial charge in [-0.2, -0.15) is 0 Å². The Hall–Kier alpha value is -1.73. The molecular weight excluding hydrogens is 340 g/mol. The highest BCUT2D eigenvalue weighted by atomic mass is 35.5. The van der Waals surface area contributed by atoms with Crippen LogP contribution in [0, 0.1) is 0 Å². The Balaban J connectivity index is 2.47. The summed E-state index contributed by atoms with van der Waals surface area (Å²) in [4.78, 5) is 35.8. The molecule has 0 saturated carbocycles. The van der Waals surface area contributed by atoms with Crippen LogP contribution in [0.25, 0.3) is 0 Å². The third-order valence-corrected chi connectivity index (χ3v) is 3.68. The van der Waals surface area contributed by atoms with Crippen molar-refractivity contribution < 1.29 is 19.1 Å². The highest BCUT2D eigenvalue weighted by Crippen LogP contribution is 2.23. The fourth-order valence-corrected chi connectivity index (χ4v) is 2.23. The van der Waals surface area contributed by atoms with Gasteiger partial charge in [0.15, 0.2) is 6.61 Å². The van der Waals surface area contributed by atoms with E-state index < -0.39 is 18.5 Å². The highest BCUT2D eigenvalue weighted by molar-refractivity contribution is 7.98. The molecule has 1 rings (SSSR count). The number of ether oxygens (including phenoxy) is 1. The number of esters is 1. The minimum absolute atomic E-state index is 0.0110. The summed E-state index contributed by atoms with van der Waals surface area (Å²) in [5.41, 5.74) is 0.198. The zero-order valence-corrected chi connectivity index (χ0v) is 14.7. The molecule has 0 aromatic heterocycles. The minimum atomic E-state index is -0.687. The van der Waals surface area contributed by atoms with Gasteiger partial charge in [-0.1, -0.05) is 11.6 Å². The number of amides is 2. The van der Waals surface area contributed by atoms with Crippen molar-refractivity contribution in [1.82, 2.24) is 10.6 Å². The van der Waals surface area contributed by atoms with Gasteiger partial charge in [-0.15, -0.1) is 11.8 Å². The number of carbonyl (C=O) groups excluding carboxylic acids is 3. The third kappa shape index (κ3) is 6.92. The number of carbonyl (C=O) groups is 3. The van der Waals surface area contributed by atoms with Crippen LogP contribution in [0.4, 0.5) is 0 Å². The molecule has 0 radical (unpaired) electrons. The Morgan fingerprint density at radius 1 is 1.26 bits per heavy atom. The van der Waals surface area contributed by atoms with Crippen molar-refractivity contribution in [3.05, 3.63) is 28.8 Å². The molecule has 0 bridgehead atoms. The molecule has 0 atom stereocenters. The van der Waals surface area contributed by atoms with E-state index in [0.717, 1.165) is 4.90 Å². The van der Waals surface area contributed by atoms with E-state index in [1.165, 1.54) is 11.8 Å². The second-order valence-electron chi connectivity index (χ2n) is 4.92. The Morgan fingerprint density at radius 2 is 1.96 bits per heavy atom. The van der Waals surface area contributed by atoms with Crippen LogP contribution in [0.5, 0.6) is 0 Å². The van der Waals surface area contributed by atoms with E-state index in [9.17, 15) is 14.4 Å². The average Bonchev–Trinajstić information content (AvgIpc) is 2.50. The normalized spacial score (nSPS) is 10.3. The van der Waals surface area contributed by atoms with Gasteiger partial charge in [0.05, 0.1) is 17.1 Å². The molecule has 2 amide bonds. The van der Waals surface area contributed by atoms with Gasteiger partial charge in [0.25, 0.3) is 5.91 Å². The molecule has 0 aliphatic heterocycles. The summed E-state index contributed by atoms with van der Waals surface area (Å²) in [7, 11) is 0. The van der Waals surface area contributed by atoms with Gasteiger partial charge >= 0.3 is 5.97 Å². The van der Waals surface area contributed by atoms with Crippen LogP contribution in [-0.2, 0) is 14.3 Å². The molecular formula is C15H19ClN2O4S. The van der Waals surface area contributed by atoms with Gasteiger partial charge in [0.1, 0.15) is 0 Å². The van der Waals surface area contributed by atoms with E-state index in [0.29, 0.717) is 0 Å². The Kier molecular flexibility index (Phi) is 7.91. The number of thioether (sulfide) groups is 1. The average molecular weight is 359 g/mol. The quantitative estimate of drug-likeness (QED) is 0.574. The first-order valence-corrected chi connectivity index (χ1v) is 8.50. The second-order valence-corrected chi connectivity index (χ2v) is 6.21. The molecule has 0 aliphatic carbocycles. The molecule has 0 unspecified atom stereocenters. The van der Waals surface area contributed by atoms with Crippen LogP contribution < -0.4 is 10.6 Å². The van der Waals surface area contributed by atoms with E-state index in [-0.39, 0.29) is 29.1 Å². The molecule has 0 spiro atoms. The van der Waals surface area contributed by atoms with Gasteiger partial charge in [-0.25, -0.2) is 4.79 Å². The predicted octanol–water partition coefficient (Wildman–Crippen LogP) is 1.86. The van der Waals surface area contributed by atoms with Crippen molar-refractivity contribution in [3.8, 4) is 0 Å². The van der Waals surface area contributed by atoms with Gasteiger partial charge in [0.2, 0.25) is 5.91 Å². The van der Waals surface area contributed by atoms with Gasteiger partial charge in [-0.05, 0) is 38.3 Å². The summed E-state index contributed by atoms with van der Waals surface area (Å²) in [5, 5.41) is 5.25. The van der Waals surface area contributed by atoms with Crippen molar-refractivity contribution in [2.24, 2.45) is 0 Å². The van der Waals surface area contributed by atoms with Crippen LogP contribution >= 0.6 is 23.4 Å². The molecule has 0 aliphatic rings. The molecule has 2 N–H and O–H groups in total. The summed E-state index contributed by atoms with van der Waals surface area (Å²) in [6.45, 7) is 2.98. The number of benzene rings is 1.